The molecule has 1 rings (SSSR count). The number of nitrogens with zero attached hydrogens (tertiary/aromatic N) is 1. The van der Waals surface area contributed by atoms with Crippen molar-refractivity contribution in [2.75, 3.05) is 0 Å². The molecule has 0 saturated heterocycles. The third-order valence-electron chi connectivity index (χ3n) is 3.06. The molecule has 7 heteroatoms. The van der Waals surface area contributed by atoms with Gasteiger partial charge in [-0.25, -0.2) is 4.79 Å². The molecule has 0 unspecified atom stereocenters. The molecule has 1 aromatic rings. The van der Waals surface area contributed by atoms with Crippen LogP contribution in [-0.4, -0.2) is 33.3 Å². The minimum Gasteiger partial charge on any atom is -0.480 e. The first kappa shape index (κ1) is 18.0. The summed E-state index contributed by atoms with van der Waals surface area (Å²) >= 11 is -0.0137. The lowest BCUT2D eigenvalue weighted by Crippen LogP contribution is -2.46. The monoisotopic (exact) mass is 324 g/mol. The molecule has 120 valence electrons. The molecule has 0 saturated carbocycles. The summed E-state index contributed by atoms with van der Waals surface area (Å²) in [4.78, 5) is 23.5. The van der Waals surface area contributed by atoms with E-state index in [2.05, 4.69) is 9.68 Å². The van der Waals surface area contributed by atoms with E-state index in [-0.39, 0.29) is 23.8 Å². The minimum atomic E-state index is -1.12. The first-order valence-electron chi connectivity index (χ1n) is 7.00. The van der Waals surface area contributed by atoms with E-state index in [1.165, 1.54) is 0 Å². The Hall–Kier alpha value is -2.02. The van der Waals surface area contributed by atoms with E-state index >= 15 is 0 Å². The van der Waals surface area contributed by atoms with Crippen LogP contribution in [0.4, 0.5) is 0 Å². The molecule has 0 aliphatic carbocycles. The van der Waals surface area contributed by atoms with Gasteiger partial charge in [0.05, 0.1) is 0 Å². The van der Waals surface area contributed by atoms with Gasteiger partial charge >= 0.3 is 5.97 Å². The molecule has 1 amide bonds. The van der Waals surface area contributed by atoms with Crippen molar-refractivity contribution < 1.29 is 18.9 Å². The predicted molar refractivity (Wildman–Crippen MR) is 83.5 cm³/mol. The number of carboxylic acids is 1. The van der Waals surface area contributed by atoms with Crippen molar-refractivity contribution in [2.24, 2.45) is 10.3 Å². The fraction of sp³-hybridized carbons (Fsp3) is 0.467. The van der Waals surface area contributed by atoms with Gasteiger partial charge in [-0.2, -0.15) is 8.57 Å². The second-order valence-electron chi connectivity index (χ2n) is 5.41. The van der Waals surface area contributed by atoms with E-state index in [0.29, 0.717) is 6.42 Å². The van der Waals surface area contributed by atoms with Crippen molar-refractivity contribution in [1.82, 2.24) is 5.32 Å². The number of rotatable bonds is 8. The first-order valence-corrected chi connectivity index (χ1v) is 7.70. The molecule has 2 atom stereocenters. The van der Waals surface area contributed by atoms with Gasteiger partial charge in [0.2, 0.25) is 5.91 Å². The highest BCUT2D eigenvalue weighted by molar-refractivity contribution is 7.54. The van der Waals surface area contributed by atoms with Gasteiger partial charge in [-0.15, -0.1) is 0 Å². The van der Waals surface area contributed by atoms with E-state index in [9.17, 15) is 18.9 Å². The van der Waals surface area contributed by atoms with Crippen LogP contribution in [0.3, 0.4) is 0 Å². The van der Waals surface area contributed by atoms with Crippen molar-refractivity contribution in [2.45, 2.75) is 38.8 Å². The minimum absolute atomic E-state index is 0.0137. The average Bonchev–Trinajstić information content (AvgIpc) is 2.46. The molecule has 0 fully saturated rings. The van der Waals surface area contributed by atoms with Gasteiger partial charge in [0.1, 0.15) is 12.1 Å². The van der Waals surface area contributed by atoms with E-state index in [4.69, 9.17) is 0 Å². The van der Waals surface area contributed by atoms with E-state index < -0.39 is 24.0 Å². The van der Waals surface area contributed by atoms with Crippen molar-refractivity contribution in [3.63, 3.8) is 0 Å². The average molecular weight is 324 g/mol. The molecular weight excluding hydrogens is 304 g/mol. The van der Waals surface area contributed by atoms with Gasteiger partial charge in [0, 0.05) is 6.42 Å². The molecule has 0 radical (unpaired) electrons. The smallest absolute Gasteiger partial charge is 0.326 e. The van der Waals surface area contributed by atoms with Gasteiger partial charge in [0.25, 0.3) is 0 Å². The number of hydrogen-bond donors (Lipinski definition) is 2. The lowest BCUT2D eigenvalue weighted by Gasteiger charge is -2.18. The second kappa shape index (κ2) is 9.09. The van der Waals surface area contributed by atoms with Gasteiger partial charge in [-0.3, -0.25) is 4.79 Å². The third-order valence-corrected chi connectivity index (χ3v) is 3.41. The summed E-state index contributed by atoms with van der Waals surface area (Å²) in [6.07, 6.45) is 0.583. The molecule has 0 spiro atoms. The Morgan fingerprint density at radius 1 is 1.27 bits per heavy atom. The van der Waals surface area contributed by atoms with Crippen LogP contribution in [0.1, 0.15) is 25.8 Å². The predicted octanol–water partition coefficient (Wildman–Crippen LogP) is 1.61. The highest BCUT2D eigenvalue weighted by Crippen LogP contribution is 2.10. The quantitative estimate of drug-likeness (QED) is 0.759. The van der Waals surface area contributed by atoms with Gasteiger partial charge in [0.15, 0.2) is 11.5 Å². The molecule has 1 aromatic carbocycles. The fourth-order valence-electron chi connectivity index (χ4n) is 2.01. The standard InChI is InChI=1S/C15H20N2O4S/c1-10(2)8-12(17-22-21)14(18)16-13(15(19)20)9-11-6-4-3-5-7-11/h3-7,10,12-13H,8-9H2,1-2H3,(H,16,18)(H,19,20)/t12-,13-/m0/s1. The van der Waals surface area contributed by atoms with E-state index in [0.717, 1.165) is 5.56 Å². The van der Waals surface area contributed by atoms with Crippen molar-refractivity contribution in [3.8, 4) is 0 Å². The number of nitrogens with one attached hydrogen (secondary N) is 1. The van der Waals surface area contributed by atoms with Crippen LogP contribution in [0, 0.1) is 5.92 Å². The first-order chi connectivity index (χ1) is 10.4. The third kappa shape index (κ3) is 6.17. The number of hydrogen-bond acceptors (Lipinski definition) is 4. The summed E-state index contributed by atoms with van der Waals surface area (Å²) in [5.41, 5.74) is 0.811. The summed E-state index contributed by atoms with van der Waals surface area (Å²) in [5.74, 6) is -1.47. The van der Waals surface area contributed by atoms with Crippen LogP contribution in [-0.2, 0) is 27.5 Å². The van der Waals surface area contributed by atoms with Crippen LogP contribution in [0.2, 0.25) is 0 Å². The summed E-state index contributed by atoms with van der Waals surface area (Å²) in [6, 6.07) is 7.16. The molecule has 22 heavy (non-hydrogen) atoms. The largest absolute Gasteiger partial charge is 0.480 e. The fourth-order valence-corrected chi connectivity index (χ4v) is 2.30. The summed E-state index contributed by atoms with van der Waals surface area (Å²) in [5, 5.41) is 11.7. The lowest BCUT2D eigenvalue weighted by atomic mass is 10.0. The zero-order chi connectivity index (χ0) is 16.5. The molecule has 0 aliphatic heterocycles. The normalized spacial score (nSPS) is 13.2. The highest BCUT2D eigenvalue weighted by Gasteiger charge is 2.26. The number of carbonyl (C=O) groups excluding carboxylic acids is 1. The zero-order valence-electron chi connectivity index (χ0n) is 12.6. The Morgan fingerprint density at radius 2 is 1.91 bits per heavy atom. The molecule has 6 nitrogen and oxygen atoms in total. The summed E-state index contributed by atoms with van der Waals surface area (Å²) < 4.78 is 14.2. The lowest BCUT2D eigenvalue weighted by molar-refractivity contribution is -0.142. The Bertz CT molecular complexity index is 556. The Labute approximate surface area is 133 Å². The topological polar surface area (TPSA) is 95.8 Å². The number of benzene rings is 1. The maximum atomic E-state index is 12.2. The zero-order valence-corrected chi connectivity index (χ0v) is 13.4. The second-order valence-corrected chi connectivity index (χ2v) is 5.77. The van der Waals surface area contributed by atoms with Crippen LogP contribution < -0.4 is 5.32 Å². The molecule has 2 N–H and O–H groups in total. The van der Waals surface area contributed by atoms with Crippen LogP contribution in [0.15, 0.2) is 34.7 Å². The molecular formula is C15H20N2O4S. The van der Waals surface area contributed by atoms with Gasteiger partial charge in [-0.1, -0.05) is 44.2 Å². The molecule has 0 aromatic heterocycles. The van der Waals surface area contributed by atoms with Gasteiger partial charge < -0.3 is 10.4 Å². The van der Waals surface area contributed by atoms with Crippen LogP contribution >= 0.6 is 0 Å². The Morgan fingerprint density at radius 3 is 2.41 bits per heavy atom. The highest BCUT2D eigenvalue weighted by atomic mass is 32.1. The number of carboxylic acid groups (broad SMARTS) is 1. The Kier molecular flexibility index (Phi) is 7.45. The molecule has 0 heterocycles. The molecule has 0 bridgehead atoms. The van der Waals surface area contributed by atoms with Crippen molar-refractivity contribution in [3.05, 3.63) is 35.9 Å². The number of carbonyl (C=O) groups is 2. The maximum Gasteiger partial charge on any atom is 0.326 e. The van der Waals surface area contributed by atoms with E-state index in [1.807, 2.05) is 19.9 Å². The Balaban J connectivity index is 2.78. The summed E-state index contributed by atoms with van der Waals surface area (Å²) in [6.45, 7) is 3.81. The number of aliphatic carboxylic acids is 1. The van der Waals surface area contributed by atoms with Crippen LogP contribution in [0.25, 0.3) is 0 Å². The summed E-state index contributed by atoms with van der Waals surface area (Å²) in [7, 11) is 0. The van der Waals surface area contributed by atoms with Crippen molar-refractivity contribution >= 4 is 23.3 Å². The molecule has 0 aliphatic rings. The van der Waals surface area contributed by atoms with Gasteiger partial charge in [-0.05, 0) is 17.9 Å². The number of amides is 1. The van der Waals surface area contributed by atoms with Crippen molar-refractivity contribution in [1.29, 1.82) is 0 Å². The van der Waals surface area contributed by atoms with Crippen LogP contribution in [0.5, 0.6) is 0 Å². The maximum absolute atomic E-state index is 12.2. The SMILES string of the molecule is CC(C)C[C@H](N=S=O)C(=O)N[C@@H](Cc1ccccc1)C(=O)O. The van der Waals surface area contributed by atoms with E-state index in [1.54, 1.807) is 24.3 Å².